The summed E-state index contributed by atoms with van der Waals surface area (Å²) >= 11 is 5.83. The Balaban J connectivity index is 1.54. The van der Waals surface area contributed by atoms with E-state index in [1.165, 1.54) is 24.3 Å². The number of carbonyl (C=O) groups is 2. The van der Waals surface area contributed by atoms with Crippen molar-refractivity contribution >= 4 is 39.1 Å². The number of carbonyl (C=O) groups excluding carboxylic acids is 2. The number of rotatable bonds is 9. The molecule has 33 heavy (non-hydrogen) atoms. The van der Waals surface area contributed by atoms with E-state index in [-0.39, 0.29) is 22.6 Å². The Morgan fingerprint density at radius 1 is 1.06 bits per heavy atom. The monoisotopic (exact) mass is 493 g/mol. The van der Waals surface area contributed by atoms with Crippen molar-refractivity contribution in [3.05, 3.63) is 59.1 Å². The third-order valence-corrected chi connectivity index (χ3v) is 7.13. The van der Waals surface area contributed by atoms with Gasteiger partial charge in [-0.15, -0.1) is 0 Å². The lowest BCUT2D eigenvalue weighted by Crippen LogP contribution is -2.43. The van der Waals surface area contributed by atoms with E-state index in [1.807, 2.05) is 0 Å². The van der Waals surface area contributed by atoms with Crippen LogP contribution in [-0.2, 0) is 19.6 Å². The molecule has 0 spiro atoms. The molecule has 1 heterocycles. The Labute approximate surface area is 199 Å². The molecule has 1 saturated heterocycles. The predicted molar refractivity (Wildman–Crippen MR) is 127 cm³/mol. The standard InChI is InChI=1S/C23H28ClN3O5S/c1-32-16-2-13-25-22(28)17-11-14-27(15-12-17)23(29)18-3-9-21(10-4-18)33(30,31)26-20-7-5-19(24)6-8-20/h3-10,17,26H,2,11-16H2,1H3,(H,25,28). The fourth-order valence-electron chi connectivity index (χ4n) is 3.61. The fourth-order valence-corrected chi connectivity index (χ4v) is 4.79. The third kappa shape index (κ3) is 6.93. The van der Waals surface area contributed by atoms with Crippen LogP contribution < -0.4 is 10.0 Å². The summed E-state index contributed by atoms with van der Waals surface area (Å²) in [5.74, 6) is -0.271. The summed E-state index contributed by atoms with van der Waals surface area (Å²) in [7, 11) is -2.17. The van der Waals surface area contributed by atoms with Crippen LogP contribution in [0, 0.1) is 5.92 Å². The van der Waals surface area contributed by atoms with E-state index in [0.717, 1.165) is 6.42 Å². The predicted octanol–water partition coefficient (Wildman–Crippen LogP) is 3.15. The van der Waals surface area contributed by atoms with E-state index >= 15 is 0 Å². The van der Waals surface area contributed by atoms with Gasteiger partial charge in [0.25, 0.3) is 15.9 Å². The molecule has 0 saturated carbocycles. The minimum Gasteiger partial charge on any atom is -0.385 e. The van der Waals surface area contributed by atoms with Gasteiger partial charge in [0.15, 0.2) is 0 Å². The van der Waals surface area contributed by atoms with Gasteiger partial charge >= 0.3 is 0 Å². The van der Waals surface area contributed by atoms with E-state index in [0.29, 0.717) is 55.4 Å². The molecule has 10 heteroatoms. The molecule has 2 amide bonds. The highest BCUT2D eigenvalue weighted by atomic mass is 35.5. The van der Waals surface area contributed by atoms with Gasteiger partial charge in [0.05, 0.1) is 4.90 Å². The molecular formula is C23H28ClN3O5S. The number of nitrogens with zero attached hydrogens (tertiary/aromatic N) is 1. The van der Waals surface area contributed by atoms with Gasteiger partial charge in [-0.3, -0.25) is 14.3 Å². The highest BCUT2D eigenvalue weighted by molar-refractivity contribution is 7.92. The summed E-state index contributed by atoms with van der Waals surface area (Å²) in [6.07, 6.45) is 1.96. The SMILES string of the molecule is COCCCNC(=O)C1CCN(C(=O)c2ccc(S(=O)(=O)Nc3ccc(Cl)cc3)cc2)CC1. The number of amides is 2. The second kappa shape index (κ2) is 11.5. The first-order valence-electron chi connectivity index (χ1n) is 10.7. The Morgan fingerprint density at radius 3 is 2.30 bits per heavy atom. The summed E-state index contributed by atoms with van der Waals surface area (Å²) in [6.45, 7) is 2.14. The largest absolute Gasteiger partial charge is 0.385 e. The van der Waals surface area contributed by atoms with Crippen LogP contribution >= 0.6 is 11.6 Å². The van der Waals surface area contributed by atoms with Gasteiger partial charge in [-0.05, 0) is 67.8 Å². The molecule has 0 unspecified atom stereocenters. The number of methoxy groups -OCH3 is 1. The van der Waals surface area contributed by atoms with Crippen molar-refractivity contribution in [1.29, 1.82) is 0 Å². The van der Waals surface area contributed by atoms with Crippen LogP contribution in [0.15, 0.2) is 53.4 Å². The molecule has 2 aromatic carbocycles. The van der Waals surface area contributed by atoms with Gasteiger partial charge < -0.3 is 15.0 Å². The van der Waals surface area contributed by atoms with Gasteiger partial charge in [-0.1, -0.05) is 11.6 Å². The molecule has 1 fully saturated rings. The van der Waals surface area contributed by atoms with Crippen LogP contribution in [0.1, 0.15) is 29.6 Å². The Kier molecular flexibility index (Phi) is 8.71. The maximum Gasteiger partial charge on any atom is 0.261 e. The topological polar surface area (TPSA) is 105 Å². The molecule has 2 N–H and O–H groups in total. The van der Waals surface area contributed by atoms with E-state index in [9.17, 15) is 18.0 Å². The molecular weight excluding hydrogens is 466 g/mol. The first-order valence-corrected chi connectivity index (χ1v) is 12.6. The second-order valence-electron chi connectivity index (χ2n) is 7.84. The molecule has 0 bridgehead atoms. The number of likely N-dealkylation sites (tertiary alicyclic amines) is 1. The number of nitrogens with one attached hydrogen (secondary N) is 2. The van der Waals surface area contributed by atoms with E-state index < -0.39 is 10.0 Å². The number of hydrogen-bond donors (Lipinski definition) is 2. The summed E-state index contributed by atoms with van der Waals surface area (Å²) < 4.78 is 32.6. The zero-order valence-corrected chi connectivity index (χ0v) is 20.0. The number of sulfonamides is 1. The van der Waals surface area contributed by atoms with Crippen molar-refractivity contribution in [2.75, 3.05) is 38.1 Å². The van der Waals surface area contributed by atoms with Crippen LogP contribution in [0.4, 0.5) is 5.69 Å². The molecule has 178 valence electrons. The van der Waals surface area contributed by atoms with Crippen molar-refractivity contribution < 1.29 is 22.7 Å². The number of benzene rings is 2. The van der Waals surface area contributed by atoms with E-state index in [1.54, 1.807) is 36.3 Å². The zero-order chi connectivity index (χ0) is 23.8. The average molecular weight is 494 g/mol. The molecule has 0 radical (unpaired) electrons. The van der Waals surface area contributed by atoms with Crippen LogP contribution in [0.25, 0.3) is 0 Å². The fraction of sp³-hybridized carbons (Fsp3) is 0.391. The first kappa shape index (κ1) is 25.0. The first-order chi connectivity index (χ1) is 15.8. The normalized spacial score (nSPS) is 14.7. The quantitative estimate of drug-likeness (QED) is 0.522. The minimum absolute atomic E-state index is 0.0148. The van der Waals surface area contributed by atoms with Gasteiger partial charge in [-0.25, -0.2) is 8.42 Å². The molecule has 0 atom stereocenters. The van der Waals surface area contributed by atoms with Gasteiger partial charge in [0.1, 0.15) is 0 Å². The highest BCUT2D eigenvalue weighted by Gasteiger charge is 2.28. The molecule has 8 nitrogen and oxygen atoms in total. The van der Waals surface area contributed by atoms with Crippen LogP contribution in [0.2, 0.25) is 5.02 Å². The molecule has 0 aliphatic carbocycles. The number of anilines is 1. The lowest BCUT2D eigenvalue weighted by molar-refractivity contribution is -0.126. The van der Waals surface area contributed by atoms with E-state index in [4.69, 9.17) is 16.3 Å². The van der Waals surface area contributed by atoms with Crippen molar-refractivity contribution in [2.24, 2.45) is 5.92 Å². The van der Waals surface area contributed by atoms with Crippen molar-refractivity contribution in [3.63, 3.8) is 0 Å². The van der Waals surface area contributed by atoms with Crippen LogP contribution in [0.5, 0.6) is 0 Å². The molecule has 1 aliphatic rings. The summed E-state index contributed by atoms with van der Waals surface area (Å²) in [5, 5.41) is 3.42. The Morgan fingerprint density at radius 2 is 1.70 bits per heavy atom. The molecule has 1 aliphatic heterocycles. The maximum atomic E-state index is 12.8. The van der Waals surface area contributed by atoms with Crippen molar-refractivity contribution in [3.8, 4) is 0 Å². The average Bonchev–Trinajstić information content (AvgIpc) is 2.83. The number of ether oxygens (including phenoxy) is 1. The highest BCUT2D eigenvalue weighted by Crippen LogP contribution is 2.22. The van der Waals surface area contributed by atoms with Crippen molar-refractivity contribution in [2.45, 2.75) is 24.2 Å². The number of hydrogen-bond acceptors (Lipinski definition) is 5. The molecule has 2 aromatic rings. The van der Waals surface area contributed by atoms with E-state index in [2.05, 4.69) is 10.0 Å². The second-order valence-corrected chi connectivity index (χ2v) is 9.96. The van der Waals surface area contributed by atoms with Gasteiger partial charge in [0.2, 0.25) is 5.91 Å². The number of halogens is 1. The molecule has 3 rings (SSSR count). The summed E-state index contributed by atoms with van der Waals surface area (Å²) in [5.41, 5.74) is 0.799. The van der Waals surface area contributed by atoms with Gasteiger partial charge in [0, 0.05) is 55.5 Å². The zero-order valence-electron chi connectivity index (χ0n) is 18.4. The molecule has 0 aromatic heterocycles. The summed E-state index contributed by atoms with van der Waals surface area (Å²) in [6, 6.07) is 12.2. The maximum absolute atomic E-state index is 12.8. The number of piperidine rings is 1. The Hall–Kier alpha value is -2.62. The van der Waals surface area contributed by atoms with Gasteiger partial charge in [-0.2, -0.15) is 0 Å². The summed E-state index contributed by atoms with van der Waals surface area (Å²) in [4.78, 5) is 26.9. The lowest BCUT2D eigenvalue weighted by Gasteiger charge is -2.31. The van der Waals surface area contributed by atoms with Crippen LogP contribution in [-0.4, -0.2) is 58.5 Å². The van der Waals surface area contributed by atoms with Crippen LogP contribution in [0.3, 0.4) is 0 Å². The lowest BCUT2D eigenvalue weighted by atomic mass is 9.95. The third-order valence-electron chi connectivity index (χ3n) is 5.49. The Bertz CT molecular complexity index is 1050. The smallest absolute Gasteiger partial charge is 0.261 e. The minimum atomic E-state index is -3.79. The van der Waals surface area contributed by atoms with Crippen molar-refractivity contribution in [1.82, 2.24) is 10.2 Å².